The molecule has 0 spiro atoms. The van der Waals surface area contributed by atoms with Crippen LogP contribution in [0.15, 0.2) is 29.6 Å². The first-order valence-corrected chi connectivity index (χ1v) is 8.52. The fourth-order valence-electron chi connectivity index (χ4n) is 2.76. The van der Waals surface area contributed by atoms with Crippen molar-refractivity contribution in [1.29, 1.82) is 0 Å². The molecule has 0 aliphatic carbocycles. The van der Waals surface area contributed by atoms with Gasteiger partial charge in [-0.1, -0.05) is 12.1 Å². The number of carbonyl (C=O) groups excluding carboxylic acids is 1. The predicted octanol–water partition coefficient (Wildman–Crippen LogP) is 3.47. The van der Waals surface area contributed by atoms with Crippen LogP contribution in [0.4, 0.5) is 0 Å². The van der Waals surface area contributed by atoms with Crippen molar-refractivity contribution in [2.45, 2.75) is 25.7 Å². The van der Waals surface area contributed by atoms with Gasteiger partial charge in [-0.05, 0) is 54.1 Å². The fraction of sp³-hybridized carbons (Fsp3) is 0.471. The SMILES string of the molecule is O=C(COCCc1ccc2sccc2c1)N1CCCCC1. The molecule has 3 nitrogen and oxygen atoms in total. The Labute approximate surface area is 129 Å². The van der Waals surface area contributed by atoms with Crippen molar-refractivity contribution in [1.82, 2.24) is 4.90 Å². The van der Waals surface area contributed by atoms with Crippen LogP contribution in [0.25, 0.3) is 10.1 Å². The average molecular weight is 303 g/mol. The molecule has 3 rings (SSSR count). The highest BCUT2D eigenvalue weighted by Gasteiger charge is 2.15. The molecule has 2 heterocycles. The first-order chi connectivity index (χ1) is 10.3. The average Bonchev–Trinajstić information content (AvgIpc) is 3.00. The van der Waals surface area contributed by atoms with Crippen molar-refractivity contribution in [3.05, 3.63) is 35.2 Å². The normalized spacial score (nSPS) is 15.5. The van der Waals surface area contributed by atoms with Gasteiger partial charge in [-0.25, -0.2) is 0 Å². The molecule has 0 saturated carbocycles. The summed E-state index contributed by atoms with van der Waals surface area (Å²) in [6, 6.07) is 8.66. The molecule has 0 bridgehead atoms. The highest BCUT2D eigenvalue weighted by Crippen LogP contribution is 2.21. The minimum atomic E-state index is 0.142. The lowest BCUT2D eigenvalue weighted by Gasteiger charge is -2.26. The molecule has 1 aromatic carbocycles. The third kappa shape index (κ3) is 3.83. The molecule has 112 valence electrons. The van der Waals surface area contributed by atoms with Gasteiger partial charge in [0.1, 0.15) is 6.61 Å². The number of amides is 1. The third-order valence-electron chi connectivity index (χ3n) is 3.99. The van der Waals surface area contributed by atoms with E-state index >= 15 is 0 Å². The molecule has 21 heavy (non-hydrogen) atoms. The minimum absolute atomic E-state index is 0.142. The topological polar surface area (TPSA) is 29.5 Å². The molecule has 4 heteroatoms. The molecule has 1 aliphatic rings. The lowest BCUT2D eigenvalue weighted by atomic mass is 10.1. The van der Waals surface area contributed by atoms with Crippen LogP contribution in [0.5, 0.6) is 0 Å². The van der Waals surface area contributed by atoms with Gasteiger partial charge in [0, 0.05) is 17.8 Å². The minimum Gasteiger partial charge on any atom is -0.371 e. The second-order valence-corrected chi connectivity index (χ2v) is 6.48. The zero-order valence-corrected chi connectivity index (χ0v) is 13.0. The zero-order chi connectivity index (χ0) is 14.5. The van der Waals surface area contributed by atoms with Crippen molar-refractivity contribution in [3.8, 4) is 0 Å². The number of likely N-dealkylation sites (tertiary alicyclic amines) is 1. The molecule has 0 N–H and O–H groups in total. The van der Waals surface area contributed by atoms with E-state index in [9.17, 15) is 4.79 Å². The van der Waals surface area contributed by atoms with Crippen LogP contribution in [0.2, 0.25) is 0 Å². The molecular formula is C17H21NO2S. The Morgan fingerprint density at radius 3 is 2.90 bits per heavy atom. The number of rotatable bonds is 5. The first kappa shape index (κ1) is 14.5. The van der Waals surface area contributed by atoms with Gasteiger partial charge in [0.15, 0.2) is 0 Å². The van der Waals surface area contributed by atoms with Crippen LogP contribution >= 0.6 is 11.3 Å². The van der Waals surface area contributed by atoms with Crippen molar-refractivity contribution in [2.24, 2.45) is 0 Å². The van der Waals surface area contributed by atoms with Gasteiger partial charge in [0.05, 0.1) is 6.61 Å². The van der Waals surface area contributed by atoms with E-state index in [-0.39, 0.29) is 12.5 Å². The second kappa shape index (κ2) is 7.05. The van der Waals surface area contributed by atoms with Gasteiger partial charge in [0.2, 0.25) is 5.91 Å². The molecule has 1 fully saturated rings. The number of hydrogen-bond donors (Lipinski definition) is 0. The van der Waals surface area contributed by atoms with E-state index in [2.05, 4.69) is 29.6 Å². The maximum Gasteiger partial charge on any atom is 0.248 e. The van der Waals surface area contributed by atoms with E-state index in [1.54, 1.807) is 11.3 Å². The lowest BCUT2D eigenvalue weighted by Crippen LogP contribution is -2.38. The first-order valence-electron chi connectivity index (χ1n) is 7.64. The van der Waals surface area contributed by atoms with E-state index in [4.69, 9.17) is 4.74 Å². The molecule has 1 saturated heterocycles. The van der Waals surface area contributed by atoms with Crippen molar-refractivity contribution < 1.29 is 9.53 Å². The number of piperidine rings is 1. The molecule has 1 amide bonds. The molecule has 1 aliphatic heterocycles. The molecule has 2 aromatic rings. The summed E-state index contributed by atoms with van der Waals surface area (Å²) in [6.07, 6.45) is 4.37. The highest BCUT2D eigenvalue weighted by atomic mass is 32.1. The van der Waals surface area contributed by atoms with E-state index in [1.165, 1.54) is 22.1 Å². The summed E-state index contributed by atoms with van der Waals surface area (Å²) < 4.78 is 6.88. The Morgan fingerprint density at radius 2 is 2.05 bits per heavy atom. The molecule has 0 radical (unpaired) electrons. The van der Waals surface area contributed by atoms with Gasteiger partial charge in [-0.15, -0.1) is 11.3 Å². The maximum absolute atomic E-state index is 12.0. The quantitative estimate of drug-likeness (QED) is 0.792. The second-order valence-electron chi connectivity index (χ2n) is 5.54. The smallest absolute Gasteiger partial charge is 0.248 e. The van der Waals surface area contributed by atoms with Gasteiger partial charge < -0.3 is 9.64 Å². The predicted molar refractivity (Wildman–Crippen MR) is 86.8 cm³/mol. The summed E-state index contributed by atoms with van der Waals surface area (Å²) >= 11 is 1.76. The molecule has 1 aromatic heterocycles. The fourth-order valence-corrected chi connectivity index (χ4v) is 3.53. The van der Waals surface area contributed by atoms with Gasteiger partial charge in [-0.2, -0.15) is 0 Å². The van der Waals surface area contributed by atoms with Gasteiger partial charge >= 0.3 is 0 Å². The number of hydrogen-bond acceptors (Lipinski definition) is 3. The van der Waals surface area contributed by atoms with Crippen LogP contribution in [0, 0.1) is 0 Å². The van der Waals surface area contributed by atoms with Crippen molar-refractivity contribution in [2.75, 3.05) is 26.3 Å². The summed E-state index contributed by atoms with van der Waals surface area (Å²) in [5.41, 5.74) is 1.27. The van der Waals surface area contributed by atoms with Crippen LogP contribution in [0.1, 0.15) is 24.8 Å². The zero-order valence-electron chi connectivity index (χ0n) is 12.2. The Kier molecular flexibility index (Phi) is 4.88. The summed E-state index contributed by atoms with van der Waals surface area (Å²) in [6.45, 7) is 2.63. The Bertz CT molecular complexity index is 602. The monoisotopic (exact) mass is 303 g/mol. The summed E-state index contributed by atoms with van der Waals surface area (Å²) in [4.78, 5) is 13.9. The van der Waals surface area contributed by atoms with Gasteiger partial charge in [-0.3, -0.25) is 4.79 Å². The van der Waals surface area contributed by atoms with E-state index in [1.807, 2.05) is 4.90 Å². The third-order valence-corrected chi connectivity index (χ3v) is 4.88. The lowest BCUT2D eigenvalue weighted by molar-refractivity contribution is -0.137. The highest BCUT2D eigenvalue weighted by molar-refractivity contribution is 7.17. The summed E-state index contributed by atoms with van der Waals surface area (Å²) in [5, 5.41) is 3.41. The van der Waals surface area contributed by atoms with Crippen molar-refractivity contribution >= 4 is 27.3 Å². The summed E-state index contributed by atoms with van der Waals surface area (Å²) in [7, 11) is 0. The standard InChI is InChI=1S/C17H21NO2S/c19-17(18-8-2-1-3-9-18)13-20-10-6-14-4-5-16-15(12-14)7-11-21-16/h4-5,7,11-12H,1-3,6,8-10,13H2. The maximum atomic E-state index is 12.0. The van der Waals surface area contributed by atoms with Crippen molar-refractivity contribution in [3.63, 3.8) is 0 Å². The van der Waals surface area contributed by atoms with Crippen LogP contribution < -0.4 is 0 Å². The number of ether oxygens (including phenoxy) is 1. The Hall–Kier alpha value is -1.39. The number of nitrogens with zero attached hydrogens (tertiary/aromatic N) is 1. The molecular weight excluding hydrogens is 282 g/mol. The number of benzene rings is 1. The molecule has 0 atom stereocenters. The number of thiophene rings is 1. The largest absolute Gasteiger partial charge is 0.371 e. The van der Waals surface area contributed by atoms with Crippen LogP contribution in [-0.4, -0.2) is 37.1 Å². The summed E-state index contributed by atoms with van der Waals surface area (Å²) in [5.74, 6) is 0.142. The number of fused-ring (bicyclic) bond motifs is 1. The van der Waals surface area contributed by atoms with E-state index in [0.29, 0.717) is 6.61 Å². The van der Waals surface area contributed by atoms with Gasteiger partial charge in [0.25, 0.3) is 0 Å². The number of carbonyl (C=O) groups is 1. The Balaban J connectivity index is 1.42. The van der Waals surface area contributed by atoms with E-state index < -0.39 is 0 Å². The van der Waals surface area contributed by atoms with Crippen LogP contribution in [0.3, 0.4) is 0 Å². The van der Waals surface area contributed by atoms with E-state index in [0.717, 1.165) is 32.4 Å². The van der Waals surface area contributed by atoms with Crippen LogP contribution in [-0.2, 0) is 16.0 Å². The molecule has 0 unspecified atom stereocenters. The Morgan fingerprint density at radius 1 is 1.19 bits per heavy atom.